The Morgan fingerprint density at radius 1 is 1.21 bits per heavy atom. The zero-order valence-corrected chi connectivity index (χ0v) is 18.9. The molecule has 0 bridgehead atoms. The van der Waals surface area contributed by atoms with Gasteiger partial charge in [-0.2, -0.15) is 18.3 Å². The van der Waals surface area contributed by atoms with E-state index in [4.69, 9.17) is 4.74 Å². The minimum absolute atomic E-state index is 0.148. The Morgan fingerprint density at radius 3 is 2.53 bits per heavy atom. The molecule has 34 heavy (non-hydrogen) atoms. The van der Waals surface area contributed by atoms with Crippen LogP contribution in [0.1, 0.15) is 45.6 Å². The number of ether oxygens (including phenoxy) is 1. The van der Waals surface area contributed by atoms with Crippen LogP contribution in [0.3, 0.4) is 0 Å². The number of carbonyl (C=O) groups is 1. The van der Waals surface area contributed by atoms with Crippen molar-refractivity contribution in [2.75, 3.05) is 13.2 Å². The maximum absolute atomic E-state index is 13.1. The zero-order chi connectivity index (χ0) is 24.0. The number of fused-ring (bicyclic) bond motifs is 1. The number of thiazole rings is 1. The van der Waals surface area contributed by atoms with Crippen LogP contribution >= 0.6 is 11.3 Å². The van der Waals surface area contributed by atoms with E-state index in [1.54, 1.807) is 25.3 Å². The molecule has 1 amide bonds. The van der Waals surface area contributed by atoms with E-state index in [9.17, 15) is 18.0 Å². The van der Waals surface area contributed by atoms with Gasteiger partial charge in [-0.15, -0.1) is 11.3 Å². The molecule has 1 saturated heterocycles. The summed E-state index contributed by atoms with van der Waals surface area (Å²) in [4.78, 5) is 25.3. The lowest BCUT2D eigenvalue weighted by atomic mass is 10.0. The van der Waals surface area contributed by atoms with Gasteiger partial charge in [-0.1, -0.05) is 0 Å². The quantitative estimate of drug-likeness (QED) is 0.449. The lowest BCUT2D eigenvalue weighted by molar-refractivity contribution is -0.145. The maximum atomic E-state index is 13.1. The number of aryl methyl sites for hydroxylation is 1. The number of hydrogen-bond donors (Lipinski definition) is 1. The largest absolute Gasteiger partial charge is 0.451 e. The fourth-order valence-electron chi connectivity index (χ4n) is 3.56. The minimum atomic E-state index is -4.62. The number of halogens is 3. The highest BCUT2D eigenvalue weighted by Crippen LogP contribution is 2.34. The monoisotopic (exact) mass is 488 g/mol. The van der Waals surface area contributed by atoms with Gasteiger partial charge >= 0.3 is 6.18 Å². The molecule has 5 rings (SSSR count). The van der Waals surface area contributed by atoms with Gasteiger partial charge in [-0.05, 0) is 26.0 Å². The number of amides is 1. The van der Waals surface area contributed by atoms with Gasteiger partial charge in [0.1, 0.15) is 5.01 Å². The van der Waals surface area contributed by atoms with Gasteiger partial charge in [-0.3, -0.25) is 9.48 Å². The fourth-order valence-corrected chi connectivity index (χ4v) is 4.36. The molecule has 1 aliphatic rings. The summed E-state index contributed by atoms with van der Waals surface area (Å²) in [6.07, 6.45) is 1.22. The molecule has 1 unspecified atom stereocenters. The Hall–Kier alpha value is -3.38. The van der Waals surface area contributed by atoms with Crippen LogP contribution in [-0.4, -0.2) is 43.9 Å². The molecule has 0 aliphatic carbocycles. The van der Waals surface area contributed by atoms with Crippen LogP contribution in [0.4, 0.5) is 13.2 Å². The molecule has 176 valence electrons. The molecule has 0 spiro atoms. The molecule has 1 N–H and O–H groups in total. The standard InChI is InChI=1S/C22H19F3N6O2S/c1-11-5-26-20(34-11)16-3-13(4-18-17(16)8-31(30-18)15-9-33-10-15)19(32)29-12(2)14-6-27-21(28-7-14)22(23,24)25/h3-8,12,15H,9-10H2,1-2H3,(H,29,32). The number of hydrogen-bond acceptors (Lipinski definition) is 7. The lowest BCUT2D eigenvalue weighted by Gasteiger charge is -2.25. The highest BCUT2D eigenvalue weighted by atomic mass is 32.1. The third kappa shape index (κ3) is 4.26. The van der Waals surface area contributed by atoms with E-state index in [0.717, 1.165) is 33.2 Å². The number of carbonyl (C=O) groups excluding carboxylic acids is 1. The average Bonchev–Trinajstić information content (AvgIpc) is 3.37. The summed E-state index contributed by atoms with van der Waals surface area (Å²) in [6.45, 7) is 4.77. The number of aromatic nitrogens is 5. The first-order valence-electron chi connectivity index (χ1n) is 10.4. The van der Waals surface area contributed by atoms with Crippen molar-refractivity contribution in [2.24, 2.45) is 0 Å². The first kappa shape index (κ1) is 22.4. The van der Waals surface area contributed by atoms with Gasteiger partial charge in [0.15, 0.2) is 0 Å². The second-order valence-electron chi connectivity index (χ2n) is 8.07. The number of benzene rings is 1. The van der Waals surface area contributed by atoms with Gasteiger partial charge in [-0.25, -0.2) is 15.0 Å². The van der Waals surface area contributed by atoms with Crippen molar-refractivity contribution in [1.29, 1.82) is 0 Å². The average molecular weight is 488 g/mol. The summed E-state index contributed by atoms with van der Waals surface area (Å²) >= 11 is 1.51. The van der Waals surface area contributed by atoms with Crippen LogP contribution in [0, 0.1) is 6.92 Å². The highest BCUT2D eigenvalue weighted by molar-refractivity contribution is 7.15. The van der Waals surface area contributed by atoms with Crippen LogP contribution in [0.25, 0.3) is 21.5 Å². The topological polar surface area (TPSA) is 94.8 Å². The molecule has 8 nitrogen and oxygen atoms in total. The third-order valence-corrected chi connectivity index (χ3v) is 6.47. The van der Waals surface area contributed by atoms with E-state index < -0.39 is 23.9 Å². The van der Waals surface area contributed by atoms with Crippen molar-refractivity contribution in [3.63, 3.8) is 0 Å². The molecule has 3 aromatic heterocycles. The van der Waals surface area contributed by atoms with Gasteiger partial charge in [0, 0.05) is 51.7 Å². The molecule has 12 heteroatoms. The molecule has 1 aliphatic heterocycles. The number of nitrogens with one attached hydrogen (secondary N) is 1. The fraction of sp³-hybridized carbons (Fsp3) is 0.318. The Labute approximate surface area is 195 Å². The summed E-state index contributed by atoms with van der Waals surface area (Å²) in [5, 5.41) is 9.09. The van der Waals surface area contributed by atoms with Crippen molar-refractivity contribution in [1.82, 2.24) is 30.0 Å². The summed E-state index contributed by atoms with van der Waals surface area (Å²) in [7, 11) is 0. The van der Waals surface area contributed by atoms with Crippen molar-refractivity contribution >= 4 is 28.1 Å². The first-order valence-corrected chi connectivity index (χ1v) is 11.2. The van der Waals surface area contributed by atoms with E-state index in [1.165, 1.54) is 11.3 Å². The van der Waals surface area contributed by atoms with Gasteiger partial charge < -0.3 is 10.1 Å². The van der Waals surface area contributed by atoms with Crippen LogP contribution in [0.2, 0.25) is 0 Å². The van der Waals surface area contributed by atoms with Gasteiger partial charge in [0.05, 0.1) is 30.8 Å². The Morgan fingerprint density at radius 2 is 1.94 bits per heavy atom. The second-order valence-corrected chi connectivity index (χ2v) is 9.30. The zero-order valence-electron chi connectivity index (χ0n) is 18.1. The second kappa shape index (κ2) is 8.44. The molecule has 0 radical (unpaired) electrons. The molecule has 1 fully saturated rings. The summed E-state index contributed by atoms with van der Waals surface area (Å²) in [5.74, 6) is -1.62. The van der Waals surface area contributed by atoms with E-state index in [1.807, 2.05) is 17.8 Å². The first-order chi connectivity index (χ1) is 16.2. The predicted octanol–water partition coefficient (Wildman–Crippen LogP) is 4.34. The summed E-state index contributed by atoms with van der Waals surface area (Å²) in [5.41, 5.74) is 2.16. The molecule has 1 aromatic carbocycles. The van der Waals surface area contributed by atoms with E-state index in [2.05, 4.69) is 25.4 Å². The van der Waals surface area contributed by atoms with Crippen molar-refractivity contribution in [2.45, 2.75) is 32.1 Å². The van der Waals surface area contributed by atoms with E-state index >= 15 is 0 Å². The van der Waals surface area contributed by atoms with Crippen LogP contribution in [0.15, 0.2) is 36.9 Å². The molecule has 4 aromatic rings. The van der Waals surface area contributed by atoms with Crippen LogP contribution < -0.4 is 5.32 Å². The van der Waals surface area contributed by atoms with Crippen molar-refractivity contribution < 1.29 is 22.7 Å². The lowest BCUT2D eigenvalue weighted by Crippen LogP contribution is -2.30. The van der Waals surface area contributed by atoms with Gasteiger partial charge in [0.25, 0.3) is 5.91 Å². The summed E-state index contributed by atoms with van der Waals surface area (Å²) in [6, 6.07) is 2.99. The van der Waals surface area contributed by atoms with Crippen LogP contribution in [0.5, 0.6) is 0 Å². The highest BCUT2D eigenvalue weighted by Gasteiger charge is 2.34. The Kier molecular flexibility index (Phi) is 5.56. The molecule has 1 atom stereocenters. The van der Waals surface area contributed by atoms with E-state index in [0.29, 0.717) is 29.9 Å². The molecule has 0 saturated carbocycles. The van der Waals surface area contributed by atoms with Crippen LogP contribution in [-0.2, 0) is 10.9 Å². The Balaban J connectivity index is 1.45. The van der Waals surface area contributed by atoms with Crippen molar-refractivity contribution in [3.05, 3.63) is 58.7 Å². The van der Waals surface area contributed by atoms with Crippen molar-refractivity contribution in [3.8, 4) is 10.6 Å². The predicted molar refractivity (Wildman–Crippen MR) is 118 cm³/mol. The third-order valence-electron chi connectivity index (χ3n) is 5.52. The summed E-state index contributed by atoms with van der Waals surface area (Å²) < 4.78 is 45.3. The number of alkyl halides is 3. The molecular formula is C22H19F3N6O2S. The maximum Gasteiger partial charge on any atom is 0.451 e. The molecular weight excluding hydrogens is 469 g/mol. The molecule has 4 heterocycles. The normalized spacial score (nSPS) is 15.3. The number of nitrogens with zero attached hydrogens (tertiary/aromatic N) is 5. The SMILES string of the molecule is Cc1cnc(-c2cc(C(=O)NC(C)c3cnc(C(F)(F)F)nc3)cc3nn(C4COC4)cc23)s1. The van der Waals surface area contributed by atoms with E-state index in [-0.39, 0.29) is 6.04 Å². The number of rotatable bonds is 5. The Bertz CT molecular complexity index is 1360. The van der Waals surface area contributed by atoms with Gasteiger partial charge in [0.2, 0.25) is 5.82 Å². The minimum Gasteiger partial charge on any atom is -0.377 e. The smallest absolute Gasteiger partial charge is 0.377 e.